The molecular weight excluding hydrogens is 813 g/mol. The third-order valence-electron chi connectivity index (χ3n) is 13.7. The molecule has 3 aromatic rings. The van der Waals surface area contributed by atoms with Gasteiger partial charge in [-0.2, -0.15) is 0 Å². The Morgan fingerprint density at radius 2 is 1.06 bits per heavy atom. The Balaban J connectivity index is 1.42. The molecule has 14 nitrogen and oxygen atoms in total. The molecule has 2 aliphatic heterocycles. The molecule has 3 aromatic carbocycles. The monoisotopic (exact) mass is 876 g/mol. The van der Waals surface area contributed by atoms with Crippen LogP contribution in [-0.2, 0) is 35.7 Å². The van der Waals surface area contributed by atoms with E-state index in [1.165, 1.54) is 15.4 Å². The Kier molecular flexibility index (Phi) is 13.7. The second-order valence-electron chi connectivity index (χ2n) is 19.3. The van der Waals surface area contributed by atoms with E-state index in [2.05, 4.69) is 55.7 Å². The molecule has 2 heterocycles. The summed E-state index contributed by atoms with van der Waals surface area (Å²) in [5, 5.41) is 23.7. The van der Waals surface area contributed by atoms with Gasteiger partial charge >= 0.3 is 12.2 Å². The smallest absolute Gasteiger partial charge is 0.405 e. The standard InChI is InChI=1S/C50H64N6O8/c1-29(2)40(53-46(61)62)42(57)55-27-9-25-49(55,44(51)59)35-21-13-31(14-22-35)37-11-8-12-38(39(37)33-17-19-34(20-18-33)48(5,6)7)32-15-23-36(24-16-32)50(45(52)60)26-10-28-56(50)43(58)41(30(3)4)54-47(63)64/h13-24,29-30,37,40-41,53-54H,8-12,25-28H2,1-7H3,(H2,51,59)(H2,52,60)(H,61,62)(H,63,64)/t37?,40-,41-,49-,50-/m0/s1. The van der Waals surface area contributed by atoms with E-state index in [0.29, 0.717) is 36.8 Å². The number of nitrogens with zero attached hydrogens (tertiary/aromatic N) is 2. The summed E-state index contributed by atoms with van der Waals surface area (Å²) in [7, 11) is 0. The van der Waals surface area contributed by atoms with Gasteiger partial charge in [-0.05, 0) is 107 Å². The summed E-state index contributed by atoms with van der Waals surface area (Å²) in [6, 6.07) is 22.0. The number of amides is 6. The number of carbonyl (C=O) groups excluding carboxylic acids is 4. The van der Waals surface area contributed by atoms with Crippen LogP contribution < -0.4 is 22.1 Å². The maximum atomic E-state index is 14.0. The van der Waals surface area contributed by atoms with E-state index in [-0.39, 0.29) is 36.3 Å². The van der Waals surface area contributed by atoms with Crippen LogP contribution in [0.2, 0.25) is 0 Å². The third-order valence-corrected chi connectivity index (χ3v) is 13.7. The lowest BCUT2D eigenvalue weighted by Crippen LogP contribution is -2.59. The van der Waals surface area contributed by atoms with Gasteiger partial charge in [0.25, 0.3) is 0 Å². The summed E-state index contributed by atoms with van der Waals surface area (Å²) in [6.07, 6.45) is 1.48. The fourth-order valence-electron chi connectivity index (χ4n) is 10.3. The van der Waals surface area contributed by atoms with Crippen LogP contribution in [0.4, 0.5) is 9.59 Å². The van der Waals surface area contributed by atoms with Gasteiger partial charge in [0.2, 0.25) is 23.6 Å². The molecule has 6 amide bonds. The number of allylic oxidation sites excluding steroid dienone is 2. The largest absolute Gasteiger partial charge is 0.465 e. The molecule has 1 aliphatic carbocycles. The highest BCUT2D eigenvalue weighted by Crippen LogP contribution is 2.49. The Morgan fingerprint density at radius 3 is 1.45 bits per heavy atom. The zero-order valence-corrected chi connectivity index (χ0v) is 38.1. The van der Waals surface area contributed by atoms with Gasteiger partial charge in [-0.15, -0.1) is 0 Å². The number of hydrogen-bond acceptors (Lipinski definition) is 6. The van der Waals surface area contributed by atoms with Gasteiger partial charge in [-0.25, -0.2) is 9.59 Å². The van der Waals surface area contributed by atoms with Crippen LogP contribution in [0.5, 0.6) is 0 Å². The summed E-state index contributed by atoms with van der Waals surface area (Å²) < 4.78 is 0. The Labute approximate surface area is 375 Å². The molecule has 0 saturated carbocycles. The average Bonchev–Trinajstić information content (AvgIpc) is 3.91. The molecule has 14 heteroatoms. The number of nitrogens with one attached hydrogen (secondary N) is 2. The zero-order valence-electron chi connectivity index (χ0n) is 38.1. The van der Waals surface area contributed by atoms with Crippen molar-refractivity contribution >= 4 is 47.0 Å². The van der Waals surface area contributed by atoms with Crippen molar-refractivity contribution in [3.8, 4) is 0 Å². The molecule has 3 aliphatic rings. The normalized spacial score (nSPS) is 22.4. The van der Waals surface area contributed by atoms with Crippen LogP contribution in [0.15, 0.2) is 72.8 Å². The summed E-state index contributed by atoms with van der Waals surface area (Å²) in [4.78, 5) is 81.2. The van der Waals surface area contributed by atoms with Gasteiger partial charge in [0.05, 0.1) is 0 Å². The van der Waals surface area contributed by atoms with Gasteiger partial charge in [-0.3, -0.25) is 19.2 Å². The minimum absolute atomic E-state index is 0.0662. The number of carboxylic acid groups (broad SMARTS) is 2. The average molecular weight is 877 g/mol. The van der Waals surface area contributed by atoms with Crippen LogP contribution in [-0.4, -0.2) is 81.0 Å². The molecule has 0 radical (unpaired) electrons. The minimum atomic E-state index is -1.45. The van der Waals surface area contributed by atoms with E-state index in [1.807, 2.05) is 48.5 Å². The van der Waals surface area contributed by atoms with Crippen molar-refractivity contribution in [1.82, 2.24) is 20.4 Å². The number of primary amides is 2. The lowest BCUT2D eigenvalue weighted by Gasteiger charge is -2.39. The first kappa shape index (κ1) is 47.3. The van der Waals surface area contributed by atoms with Crippen molar-refractivity contribution in [2.45, 2.75) is 128 Å². The molecule has 1 unspecified atom stereocenters. The molecule has 8 N–H and O–H groups in total. The highest BCUT2D eigenvalue weighted by atomic mass is 16.4. The van der Waals surface area contributed by atoms with Crippen LogP contribution in [0.3, 0.4) is 0 Å². The van der Waals surface area contributed by atoms with Crippen LogP contribution in [0, 0.1) is 11.8 Å². The summed E-state index contributed by atoms with van der Waals surface area (Å²) in [5.74, 6) is -3.14. The number of nitrogens with two attached hydrogens (primary N) is 2. The Morgan fingerprint density at radius 1 is 0.641 bits per heavy atom. The Bertz CT molecular complexity index is 2300. The van der Waals surface area contributed by atoms with Crippen molar-refractivity contribution in [2.75, 3.05) is 13.1 Å². The summed E-state index contributed by atoms with van der Waals surface area (Å²) in [6.45, 7) is 14.0. The first-order chi connectivity index (χ1) is 30.1. The van der Waals surface area contributed by atoms with Gasteiger partial charge in [0, 0.05) is 19.0 Å². The quantitative estimate of drug-likeness (QED) is 0.104. The fourth-order valence-corrected chi connectivity index (χ4v) is 10.3. The predicted molar refractivity (Wildman–Crippen MR) is 245 cm³/mol. The first-order valence-corrected chi connectivity index (χ1v) is 22.4. The summed E-state index contributed by atoms with van der Waals surface area (Å²) in [5.41, 5.74) is 17.0. The molecule has 2 fully saturated rings. The first-order valence-electron chi connectivity index (χ1n) is 22.4. The maximum Gasteiger partial charge on any atom is 0.405 e. The number of rotatable bonds is 13. The molecule has 342 valence electrons. The van der Waals surface area contributed by atoms with Crippen molar-refractivity contribution in [2.24, 2.45) is 23.3 Å². The molecule has 0 bridgehead atoms. The molecule has 6 rings (SSSR count). The lowest BCUT2D eigenvalue weighted by atomic mass is 9.73. The van der Waals surface area contributed by atoms with Gasteiger partial charge < -0.3 is 42.1 Å². The van der Waals surface area contributed by atoms with E-state index < -0.39 is 59.0 Å². The second kappa shape index (κ2) is 18.5. The van der Waals surface area contributed by atoms with Crippen molar-refractivity contribution in [1.29, 1.82) is 0 Å². The van der Waals surface area contributed by atoms with Crippen LogP contribution in [0.25, 0.3) is 11.1 Å². The summed E-state index contributed by atoms with van der Waals surface area (Å²) >= 11 is 0. The molecule has 0 aromatic heterocycles. The minimum Gasteiger partial charge on any atom is -0.465 e. The second-order valence-corrected chi connectivity index (χ2v) is 19.3. The molecule has 2 saturated heterocycles. The van der Waals surface area contributed by atoms with E-state index in [4.69, 9.17) is 11.5 Å². The molecule has 5 atom stereocenters. The molecule has 0 spiro atoms. The highest BCUT2D eigenvalue weighted by molar-refractivity contribution is 5.97. The van der Waals surface area contributed by atoms with Gasteiger partial charge in [-0.1, -0.05) is 121 Å². The topological polar surface area (TPSA) is 225 Å². The van der Waals surface area contributed by atoms with Gasteiger partial charge in [0.15, 0.2) is 0 Å². The van der Waals surface area contributed by atoms with E-state index in [9.17, 15) is 39.0 Å². The lowest BCUT2D eigenvalue weighted by molar-refractivity contribution is -0.146. The van der Waals surface area contributed by atoms with Crippen LogP contribution >= 0.6 is 0 Å². The number of likely N-dealkylation sites (tertiary alicyclic amines) is 2. The maximum absolute atomic E-state index is 14.0. The number of hydrogen-bond donors (Lipinski definition) is 6. The predicted octanol–water partition coefficient (Wildman–Crippen LogP) is 7.05. The highest BCUT2D eigenvalue weighted by Gasteiger charge is 2.53. The Hall–Kier alpha value is -6.18. The van der Waals surface area contributed by atoms with Crippen molar-refractivity contribution in [3.63, 3.8) is 0 Å². The molecular formula is C50H64N6O8. The van der Waals surface area contributed by atoms with Crippen molar-refractivity contribution in [3.05, 3.63) is 106 Å². The van der Waals surface area contributed by atoms with Gasteiger partial charge in [0.1, 0.15) is 23.2 Å². The third kappa shape index (κ3) is 8.83. The van der Waals surface area contributed by atoms with E-state index in [0.717, 1.165) is 47.1 Å². The number of benzene rings is 3. The fraction of sp³-hybridized carbons (Fsp3) is 0.480. The number of carbonyl (C=O) groups is 6. The van der Waals surface area contributed by atoms with E-state index >= 15 is 0 Å². The SMILES string of the molecule is CC(C)[C@H](NC(=O)O)C(=O)N1CCC[C@@]1(C(N)=O)c1ccc(C2=C(c3ccc(C(C)(C)C)cc3)C(c3ccc([C@]4(C(N)=O)CCCN4C(=O)[C@@H](NC(=O)O)C(C)C)cc3)CCC2)cc1. The zero-order chi connectivity index (χ0) is 46.9. The van der Waals surface area contributed by atoms with Crippen molar-refractivity contribution < 1.29 is 39.0 Å². The molecule has 64 heavy (non-hydrogen) atoms. The van der Waals surface area contributed by atoms with Crippen LogP contribution in [0.1, 0.15) is 133 Å². The van der Waals surface area contributed by atoms with E-state index in [1.54, 1.807) is 27.7 Å².